The smallest absolute Gasteiger partial charge is 0.260 e. The van der Waals surface area contributed by atoms with Gasteiger partial charge in [0.2, 0.25) is 0 Å². The van der Waals surface area contributed by atoms with Gasteiger partial charge in [-0.15, -0.1) is 0 Å². The van der Waals surface area contributed by atoms with Gasteiger partial charge in [-0.25, -0.2) is 0 Å². The molecule has 1 aromatic rings. The molecule has 2 heterocycles. The number of hydrogen-bond acceptors (Lipinski definition) is 4. The van der Waals surface area contributed by atoms with Gasteiger partial charge in [0.1, 0.15) is 5.56 Å². The maximum absolute atomic E-state index is 12.2. The van der Waals surface area contributed by atoms with Gasteiger partial charge in [-0.3, -0.25) is 9.59 Å². The Balaban J connectivity index is 1.72. The predicted octanol–water partition coefficient (Wildman–Crippen LogP) is 0.155. The van der Waals surface area contributed by atoms with E-state index in [9.17, 15) is 9.59 Å². The molecule has 2 aliphatic rings. The largest absolute Gasteiger partial charge is 0.384 e. The van der Waals surface area contributed by atoms with Gasteiger partial charge in [0.05, 0.1) is 12.7 Å². The summed E-state index contributed by atoms with van der Waals surface area (Å²) in [6.45, 7) is 1.28. The van der Waals surface area contributed by atoms with E-state index >= 15 is 0 Å². The normalized spacial score (nSPS) is 31.4. The lowest BCUT2D eigenvalue weighted by atomic mass is 9.67. The molecular formula is C14H18N2O4. The number of amides is 1. The van der Waals surface area contributed by atoms with Crippen molar-refractivity contribution >= 4 is 5.91 Å². The van der Waals surface area contributed by atoms with Crippen LogP contribution in [0.15, 0.2) is 23.1 Å². The summed E-state index contributed by atoms with van der Waals surface area (Å²) in [6.07, 6.45) is 2.63. The molecule has 108 valence electrons. The Kier molecular flexibility index (Phi) is 3.58. The molecule has 0 bridgehead atoms. The third-order valence-electron chi connectivity index (χ3n) is 4.25. The second kappa shape index (κ2) is 5.38. The molecule has 4 atom stereocenters. The molecule has 1 saturated heterocycles. The van der Waals surface area contributed by atoms with E-state index in [0.29, 0.717) is 12.5 Å². The van der Waals surface area contributed by atoms with Gasteiger partial charge in [-0.1, -0.05) is 0 Å². The van der Waals surface area contributed by atoms with Crippen molar-refractivity contribution in [1.29, 1.82) is 0 Å². The van der Waals surface area contributed by atoms with Crippen molar-refractivity contribution in [2.45, 2.75) is 18.6 Å². The number of rotatable bonds is 4. The Hall–Kier alpha value is -1.66. The molecule has 1 aliphatic carbocycles. The summed E-state index contributed by atoms with van der Waals surface area (Å²) in [5.41, 5.74) is -0.224. The Morgan fingerprint density at radius 3 is 3.20 bits per heavy atom. The van der Waals surface area contributed by atoms with Crippen LogP contribution in [0.3, 0.4) is 0 Å². The number of nitrogens with one attached hydrogen (secondary N) is 2. The standard InChI is InChI=1S/C14H18N2O4/c1-19-7-10-11(8-4-6-20-12(8)10)16-14(18)9-3-2-5-15-13(9)17/h2-3,5,8,10-12H,4,6-7H2,1H3,(H,15,17)(H,16,18)/t8-,10+,11-,12-/m0/s1. The molecule has 1 aliphatic heterocycles. The minimum atomic E-state index is -0.369. The van der Waals surface area contributed by atoms with Crippen LogP contribution in [-0.4, -0.2) is 43.4 Å². The molecule has 1 amide bonds. The molecule has 0 radical (unpaired) electrons. The topological polar surface area (TPSA) is 80.4 Å². The van der Waals surface area contributed by atoms with Crippen molar-refractivity contribution < 1.29 is 14.3 Å². The van der Waals surface area contributed by atoms with Crippen molar-refractivity contribution in [3.8, 4) is 0 Å². The molecule has 0 unspecified atom stereocenters. The first-order valence-corrected chi connectivity index (χ1v) is 6.81. The van der Waals surface area contributed by atoms with Gasteiger partial charge < -0.3 is 19.8 Å². The summed E-state index contributed by atoms with van der Waals surface area (Å²) in [4.78, 5) is 26.3. The van der Waals surface area contributed by atoms with Gasteiger partial charge in [-0.2, -0.15) is 0 Å². The first-order chi connectivity index (χ1) is 9.72. The average molecular weight is 278 g/mol. The molecule has 1 saturated carbocycles. The van der Waals surface area contributed by atoms with Crippen molar-refractivity contribution in [3.05, 3.63) is 34.2 Å². The fourth-order valence-electron chi connectivity index (χ4n) is 3.26. The second-order valence-electron chi connectivity index (χ2n) is 5.32. The van der Waals surface area contributed by atoms with Crippen LogP contribution in [0, 0.1) is 11.8 Å². The lowest BCUT2D eigenvalue weighted by Crippen LogP contribution is -2.63. The van der Waals surface area contributed by atoms with Crippen molar-refractivity contribution in [3.63, 3.8) is 0 Å². The zero-order chi connectivity index (χ0) is 14.1. The summed E-state index contributed by atoms with van der Waals surface area (Å²) in [5.74, 6) is 0.171. The van der Waals surface area contributed by atoms with E-state index in [2.05, 4.69) is 10.3 Å². The highest BCUT2D eigenvalue weighted by Gasteiger charge is 2.54. The number of pyridine rings is 1. The maximum Gasteiger partial charge on any atom is 0.260 e. The first kappa shape index (κ1) is 13.3. The molecule has 3 rings (SSSR count). The van der Waals surface area contributed by atoms with Crippen LogP contribution in [0.1, 0.15) is 16.8 Å². The van der Waals surface area contributed by atoms with Crippen molar-refractivity contribution in [2.75, 3.05) is 20.3 Å². The third-order valence-corrected chi connectivity index (χ3v) is 4.25. The van der Waals surface area contributed by atoms with Gasteiger partial charge in [-0.05, 0) is 18.6 Å². The van der Waals surface area contributed by atoms with Crippen molar-refractivity contribution in [2.24, 2.45) is 11.8 Å². The van der Waals surface area contributed by atoms with E-state index in [4.69, 9.17) is 9.47 Å². The van der Waals surface area contributed by atoms with E-state index in [0.717, 1.165) is 13.0 Å². The number of hydrogen-bond donors (Lipinski definition) is 2. The average Bonchev–Trinajstić information content (AvgIpc) is 2.87. The summed E-state index contributed by atoms with van der Waals surface area (Å²) in [5, 5.41) is 2.96. The van der Waals surface area contributed by atoms with Crippen LogP contribution in [0.5, 0.6) is 0 Å². The summed E-state index contributed by atoms with van der Waals surface area (Å²) in [7, 11) is 1.64. The van der Waals surface area contributed by atoms with E-state index in [1.54, 1.807) is 13.2 Å². The zero-order valence-electron chi connectivity index (χ0n) is 11.3. The first-order valence-electron chi connectivity index (χ1n) is 6.81. The molecule has 1 aromatic heterocycles. The van der Waals surface area contributed by atoms with Gasteiger partial charge in [0.25, 0.3) is 11.5 Å². The van der Waals surface area contributed by atoms with E-state index in [-0.39, 0.29) is 35.1 Å². The highest BCUT2D eigenvalue weighted by atomic mass is 16.5. The lowest BCUT2D eigenvalue weighted by molar-refractivity contribution is -0.0809. The SMILES string of the molecule is COC[C@@H]1[C@@H](NC(=O)c2ccc[nH]c2=O)[C@@H]2CCO[C@H]12. The van der Waals surface area contributed by atoms with Crippen LogP contribution in [0.2, 0.25) is 0 Å². The molecule has 20 heavy (non-hydrogen) atoms. The number of carbonyl (C=O) groups excluding carboxylic acids is 1. The van der Waals surface area contributed by atoms with Crippen LogP contribution < -0.4 is 10.9 Å². The summed E-state index contributed by atoms with van der Waals surface area (Å²) >= 11 is 0. The summed E-state index contributed by atoms with van der Waals surface area (Å²) < 4.78 is 10.9. The molecule has 6 heteroatoms. The van der Waals surface area contributed by atoms with Crippen LogP contribution in [0.25, 0.3) is 0 Å². The van der Waals surface area contributed by atoms with Crippen LogP contribution >= 0.6 is 0 Å². The number of carbonyl (C=O) groups is 1. The number of methoxy groups -OCH3 is 1. The monoisotopic (exact) mass is 278 g/mol. The minimum absolute atomic E-state index is 0.0227. The fraction of sp³-hybridized carbons (Fsp3) is 0.571. The Morgan fingerprint density at radius 2 is 2.45 bits per heavy atom. The third kappa shape index (κ3) is 2.14. The number of H-pyrrole nitrogens is 1. The summed E-state index contributed by atoms with van der Waals surface area (Å²) in [6, 6.07) is 3.20. The number of ether oxygens (including phenoxy) is 2. The van der Waals surface area contributed by atoms with Crippen LogP contribution in [-0.2, 0) is 9.47 Å². The number of fused-ring (bicyclic) bond motifs is 1. The highest BCUT2D eigenvalue weighted by Crippen LogP contribution is 2.43. The number of aromatic nitrogens is 1. The fourth-order valence-corrected chi connectivity index (χ4v) is 3.26. The minimum Gasteiger partial charge on any atom is -0.384 e. The van der Waals surface area contributed by atoms with E-state index < -0.39 is 0 Å². The molecule has 6 nitrogen and oxygen atoms in total. The Bertz CT molecular complexity index is 556. The maximum atomic E-state index is 12.2. The van der Waals surface area contributed by atoms with Crippen molar-refractivity contribution in [1.82, 2.24) is 10.3 Å². The zero-order valence-corrected chi connectivity index (χ0v) is 11.3. The van der Waals surface area contributed by atoms with Gasteiger partial charge in [0, 0.05) is 37.8 Å². The Labute approximate surface area is 116 Å². The van der Waals surface area contributed by atoms with Gasteiger partial charge in [0.15, 0.2) is 0 Å². The molecule has 0 spiro atoms. The van der Waals surface area contributed by atoms with E-state index in [1.807, 2.05) is 0 Å². The molecular weight excluding hydrogens is 260 g/mol. The molecule has 0 aromatic carbocycles. The second-order valence-corrected chi connectivity index (χ2v) is 5.32. The van der Waals surface area contributed by atoms with Gasteiger partial charge >= 0.3 is 0 Å². The Morgan fingerprint density at radius 1 is 1.60 bits per heavy atom. The highest BCUT2D eigenvalue weighted by molar-refractivity contribution is 5.94. The van der Waals surface area contributed by atoms with Crippen LogP contribution in [0.4, 0.5) is 0 Å². The quantitative estimate of drug-likeness (QED) is 0.822. The molecule has 2 N–H and O–H groups in total. The predicted molar refractivity (Wildman–Crippen MR) is 71.5 cm³/mol. The van der Waals surface area contributed by atoms with E-state index in [1.165, 1.54) is 12.3 Å². The number of aromatic amines is 1. The lowest BCUT2D eigenvalue weighted by Gasteiger charge is -2.47. The molecule has 2 fully saturated rings.